The molecule has 130 valence electrons. The largest absolute Gasteiger partial charge is 0.367 e. The van der Waals surface area contributed by atoms with E-state index < -0.39 is 5.92 Å². The highest BCUT2D eigenvalue weighted by Gasteiger charge is 2.35. The summed E-state index contributed by atoms with van der Waals surface area (Å²) >= 11 is 0. The van der Waals surface area contributed by atoms with Crippen molar-refractivity contribution in [1.82, 2.24) is 14.8 Å². The molecule has 1 fully saturated rings. The quantitative estimate of drug-likeness (QED) is 0.749. The summed E-state index contributed by atoms with van der Waals surface area (Å²) in [5, 5.41) is 9.85. The molecule has 1 N–H and O–H groups in total. The molecule has 0 spiro atoms. The number of aromatic nitrogens is 3. The van der Waals surface area contributed by atoms with Crippen LogP contribution in [0.2, 0.25) is 0 Å². The maximum atomic E-state index is 13.4. The average Bonchev–Trinajstić information content (AvgIpc) is 3.03. The van der Waals surface area contributed by atoms with Crippen LogP contribution in [0.25, 0.3) is 16.6 Å². The number of alkyl halides is 2. The van der Waals surface area contributed by atoms with Crippen LogP contribution >= 0.6 is 0 Å². The van der Waals surface area contributed by atoms with Crippen molar-refractivity contribution >= 4 is 16.6 Å². The molecule has 0 amide bonds. The highest BCUT2D eigenvalue weighted by Crippen LogP contribution is 2.35. The monoisotopic (exact) mass is 342 g/mol. The molecule has 3 aromatic rings. The zero-order valence-electron chi connectivity index (χ0n) is 14.0. The van der Waals surface area contributed by atoms with Crippen LogP contribution in [0.4, 0.5) is 14.6 Å². The number of aryl methyl sites for hydroxylation is 1. The van der Waals surface area contributed by atoms with Gasteiger partial charge in [-0.2, -0.15) is 5.10 Å². The minimum absolute atomic E-state index is 0.0186. The van der Waals surface area contributed by atoms with E-state index in [4.69, 9.17) is 4.98 Å². The van der Waals surface area contributed by atoms with Crippen LogP contribution in [-0.4, -0.2) is 26.7 Å². The summed E-state index contributed by atoms with van der Waals surface area (Å²) in [5.41, 5.74) is 0.916. The molecule has 0 radical (unpaired) electrons. The number of halogens is 2. The molecule has 1 saturated carbocycles. The van der Waals surface area contributed by atoms with Crippen molar-refractivity contribution in [2.24, 2.45) is 0 Å². The van der Waals surface area contributed by atoms with Crippen LogP contribution in [0.3, 0.4) is 0 Å². The maximum absolute atomic E-state index is 13.4. The molecule has 1 aliphatic rings. The molecule has 6 heteroatoms. The van der Waals surface area contributed by atoms with Gasteiger partial charge < -0.3 is 5.32 Å². The van der Waals surface area contributed by atoms with Gasteiger partial charge in [0.2, 0.25) is 5.92 Å². The van der Waals surface area contributed by atoms with Crippen LogP contribution in [0, 0.1) is 6.92 Å². The van der Waals surface area contributed by atoms with Crippen LogP contribution in [-0.2, 0) is 0 Å². The Morgan fingerprint density at radius 2 is 1.92 bits per heavy atom. The molecule has 2 aromatic heterocycles. The third-order valence-electron chi connectivity index (χ3n) is 4.74. The van der Waals surface area contributed by atoms with E-state index in [9.17, 15) is 8.78 Å². The number of hydrogen-bond acceptors (Lipinski definition) is 3. The van der Waals surface area contributed by atoms with Gasteiger partial charge in [0.1, 0.15) is 5.82 Å². The number of rotatable bonds is 3. The van der Waals surface area contributed by atoms with E-state index in [2.05, 4.69) is 10.4 Å². The Hall–Kier alpha value is -2.50. The Kier molecular flexibility index (Phi) is 3.90. The second-order valence-electron chi connectivity index (χ2n) is 6.73. The zero-order valence-corrected chi connectivity index (χ0v) is 14.0. The zero-order chi connectivity index (χ0) is 17.4. The number of nitrogens with one attached hydrogen (secondary N) is 1. The van der Waals surface area contributed by atoms with E-state index in [1.54, 1.807) is 4.68 Å². The molecule has 0 unspecified atom stereocenters. The maximum Gasteiger partial charge on any atom is 0.248 e. The summed E-state index contributed by atoms with van der Waals surface area (Å²) in [6.45, 7) is 1.93. The molecular weight excluding hydrogens is 322 g/mol. The van der Waals surface area contributed by atoms with Gasteiger partial charge in [0.15, 0.2) is 5.82 Å². The van der Waals surface area contributed by atoms with Gasteiger partial charge in [-0.1, -0.05) is 24.3 Å². The lowest BCUT2D eigenvalue weighted by molar-refractivity contribution is -0.0361. The van der Waals surface area contributed by atoms with Crippen molar-refractivity contribution in [3.05, 3.63) is 48.3 Å². The van der Waals surface area contributed by atoms with E-state index in [0.717, 1.165) is 28.1 Å². The molecule has 0 bridgehead atoms. The number of hydrogen-bond donors (Lipinski definition) is 1. The summed E-state index contributed by atoms with van der Waals surface area (Å²) in [6.07, 6.45) is 2.64. The standard InChI is InChI=1S/C19H20F2N4/c1-13-8-11-25(24-13)17-12-14-4-2-3-5-16(14)18(23-17)22-15-6-9-19(20,21)10-7-15/h2-5,8,11-12,15H,6-7,9-10H2,1H3,(H,22,23). The molecule has 4 nitrogen and oxygen atoms in total. The molecule has 1 aliphatic carbocycles. The highest BCUT2D eigenvalue weighted by atomic mass is 19.3. The van der Waals surface area contributed by atoms with Gasteiger partial charge in [-0.15, -0.1) is 0 Å². The van der Waals surface area contributed by atoms with Crippen molar-refractivity contribution in [1.29, 1.82) is 0 Å². The number of pyridine rings is 1. The van der Waals surface area contributed by atoms with Gasteiger partial charge >= 0.3 is 0 Å². The molecule has 25 heavy (non-hydrogen) atoms. The van der Waals surface area contributed by atoms with Gasteiger partial charge in [-0.25, -0.2) is 18.4 Å². The van der Waals surface area contributed by atoms with Crippen molar-refractivity contribution in [2.75, 3.05) is 5.32 Å². The van der Waals surface area contributed by atoms with E-state index >= 15 is 0 Å². The molecular formula is C19H20F2N4. The molecule has 0 aliphatic heterocycles. The topological polar surface area (TPSA) is 42.7 Å². The van der Waals surface area contributed by atoms with Crippen LogP contribution in [0.1, 0.15) is 31.4 Å². The second-order valence-corrected chi connectivity index (χ2v) is 6.73. The second kappa shape index (κ2) is 6.10. The van der Waals surface area contributed by atoms with Gasteiger partial charge in [0.05, 0.1) is 5.69 Å². The lowest BCUT2D eigenvalue weighted by Gasteiger charge is -2.29. The lowest BCUT2D eigenvalue weighted by atomic mass is 9.92. The van der Waals surface area contributed by atoms with Crippen molar-refractivity contribution < 1.29 is 8.78 Å². The molecule has 2 heterocycles. The van der Waals surface area contributed by atoms with E-state index in [1.165, 1.54) is 0 Å². The summed E-state index contributed by atoms with van der Waals surface area (Å²) in [7, 11) is 0. The fraction of sp³-hybridized carbons (Fsp3) is 0.368. The Bertz CT molecular complexity index is 893. The van der Waals surface area contributed by atoms with Gasteiger partial charge in [0.25, 0.3) is 0 Å². The number of anilines is 1. The summed E-state index contributed by atoms with van der Waals surface area (Å²) in [5.74, 6) is -1.07. The van der Waals surface area contributed by atoms with E-state index in [1.807, 2.05) is 49.5 Å². The first kappa shape index (κ1) is 16.0. The molecule has 1 aromatic carbocycles. The lowest BCUT2D eigenvalue weighted by Crippen LogP contribution is -2.32. The third kappa shape index (κ3) is 3.34. The first-order valence-corrected chi connectivity index (χ1v) is 8.57. The summed E-state index contributed by atoms with van der Waals surface area (Å²) < 4.78 is 28.5. The smallest absolute Gasteiger partial charge is 0.248 e. The van der Waals surface area contributed by atoms with Crippen LogP contribution in [0.15, 0.2) is 42.6 Å². The first-order valence-electron chi connectivity index (χ1n) is 8.57. The van der Waals surface area contributed by atoms with Crippen LogP contribution in [0.5, 0.6) is 0 Å². The van der Waals surface area contributed by atoms with Gasteiger partial charge in [-0.05, 0) is 37.3 Å². The minimum Gasteiger partial charge on any atom is -0.367 e. The van der Waals surface area contributed by atoms with Gasteiger partial charge in [-0.3, -0.25) is 0 Å². The van der Waals surface area contributed by atoms with E-state index in [0.29, 0.717) is 12.8 Å². The molecule has 0 atom stereocenters. The highest BCUT2D eigenvalue weighted by molar-refractivity contribution is 5.93. The fourth-order valence-electron chi connectivity index (χ4n) is 3.33. The van der Waals surface area contributed by atoms with Gasteiger partial charge in [0, 0.05) is 30.5 Å². The number of benzene rings is 1. The Balaban J connectivity index is 1.69. The van der Waals surface area contributed by atoms with E-state index in [-0.39, 0.29) is 18.9 Å². The Labute approximate surface area is 144 Å². The Morgan fingerprint density at radius 1 is 1.16 bits per heavy atom. The minimum atomic E-state index is -2.53. The fourth-order valence-corrected chi connectivity index (χ4v) is 3.33. The first-order chi connectivity index (χ1) is 12.0. The Morgan fingerprint density at radius 3 is 2.64 bits per heavy atom. The number of fused-ring (bicyclic) bond motifs is 1. The normalized spacial score (nSPS) is 17.7. The predicted molar refractivity (Wildman–Crippen MR) is 94.4 cm³/mol. The van der Waals surface area contributed by atoms with Crippen molar-refractivity contribution in [3.8, 4) is 5.82 Å². The average molecular weight is 342 g/mol. The summed E-state index contributed by atoms with van der Waals surface area (Å²) in [6, 6.07) is 11.9. The number of nitrogens with zero attached hydrogens (tertiary/aromatic N) is 3. The van der Waals surface area contributed by atoms with Crippen molar-refractivity contribution in [2.45, 2.75) is 44.6 Å². The predicted octanol–water partition coefficient (Wildman–Crippen LogP) is 4.72. The molecule has 0 saturated heterocycles. The third-order valence-corrected chi connectivity index (χ3v) is 4.74. The van der Waals surface area contributed by atoms with Crippen LogP contribution < -0.4 is 5.32 Å². The SMILES string of the molecule is Cc1ccn(-c2cc3ccccc3c(NC3CCC(F)(F)CC3)n2)n1. The molecule has 4 rings (SSSR count). The summed E-state index contributed by atoms with van der Waals surface area (Å²) in [4.78, 5) is 4.72. The van der Waals surface area contributed by atoms with Crippen molar-refractivity contribution in [3.63, 3.8) is 0 Å².